The molecule has 120 valence electrons. The van der Waals surface area contributed by atoms with Gasteiger partial charge in [0.05, 0.1) is 0 Å². The molecule has 1 aromatic carbocycles. The van der Waals surface area contributed by atoms with Gasteiger partial charge in [0.2, 0.25) is 5.91 Å². The van der Waals surface area contributed by atoms with E-state index in [0.29, 0.717) is 16.8 Å². The van der Waals surface area contributed by atoms with E-state index in [4.69, 9.17) is 0 Å². The Morgan fingerprint density at radius 2 is 1.91 bits per heavy atom. The Hall–Kier alpha value is -2.67. The van der Waals surface area contributed by atoms with Gasteiger partial charge in [-0.15, -0.1) is 0 Å². The third-order valence-electron chi connectivity index (χ3n) is 3.06. The Labute approximate surface area is 137 Å². The highest BCUT2D eigenvalue weighted by Crippen LogP contribution is 2.11. The summed E-state index contributed by atoms with van der Waals surface area (Å²) in [6.07, 6.45) is 0.153. The molecule has 0 fully saturated rings. The number of anilines is 1. The van der Waals surface area contributed by atoms with Crippen LogP contribution in [-0.4, -0.2) is 31.3 Å². The molecule has 0 aliphatic rings. The van der Waals surface area contributed by atoms with Gasteiger partial charge in [-0.25, -0.2) is 0 Å². The van der Waals surface area contributed by atoms with Gasteiger partial charge in [0.15, 0.2) is 0 Å². The molecule has 3 N–H and O–H groups in total. The number of rotatable bonds is 6. The van der Waals surface area contributed by atoms with E-state index in [0.717, 1.165) is 0 Å². The van der Waals surface area contributed by atoms with Crippen molar-refractivity contribution in [2.75, 3.05) is 18.9 Å². The smallest absolute Gasteiger partial charge is 0.252 e. The normalized spacial score (nSPS) is 9.96. The van der Waals surface area contributed by atoms with E-state index in [9.17, 15) is 14.4 Å². The van der Waals surface area contributed by atoms with Gasteiger partial charge >= 0.3 is 0 Å². The molecule has 0 unspecified atom stereocenters. The van der Waals surface area contributed by atoms with Crippen LogP contribution in [0.3, 0.4) is 0 Å². The molecule has 0 radical (unpaired) electrons. The fraction of sp³-hybridized carbons (Fsp3) is 0.188. The monoisotopic (exact) mass is 331 g/mol. The number of hydrogen-bond donors (Lipinski definition) is 3. The molecule has 1 heterocycles. The maximum absolute atomic E-state index is 11.9. The summed E-state index contributed by atoms with van der Waals surface area (Å²) in [6, 6.07) is 8.38. The summed E-state index contributed by atoms with van der Waals surface area (Å²) in [5.74, 6) is -0.644. The zero-order valence-electron chi connectivity index (χ0n) is 12.6. The summed E-state index contributed by atoms with van der Waals surface area (Å²) >= 11 is 1.44. The van der Waals surface area contributed by atoms with Crippen LogP contribution in [0.25, 0.3) is 0 Å². The van der Waals surface area contributed by atoms with Gasteiger partial charge < -0.3 is 16.0 Å². The Bertz CT molecular complexity index is 698. The second kappa shape index (κ2) is 8.09. The van der Waals surface area contributed by atoms with Crippen molar-refractivity contribution in [1.82, 2.24) is 10.6 Å². The van der Waals surface area contributed by atoms with Crippen molar-refractivity contribution < 1.29 is 14.4 Å². The van der Waals surface area contributed by atoms with Crippen molar-refractivity contribution in [3.05, 3.63) is 52.2 Å². The van der Waals surface area contributed by atoms with Crippen molar-refractivity contribution in [3.8, 4) is 0 Å². The van der Waals surface area contributed by atoms with Crippen molar-refractivity contribution in [1.29, 1.82) is 0 Å². The van der Waals surface area contributed by atoms with Crippen molar-refractivity contribution in [2.24, 2.45) is 0 Å². The summed E-state index contributed by atoms with van der Waals surface area (Å²) < 4.78 is 0. The highest BCUT2D eigenvalue weighted by Gasteiger charge is 2.08. The molecule has 6 nitrogen and oxygen atoms in total. The van der Waals surface area contributed by atoms with Crippen LogP contribution < -0.4 is 16.0 Å². The highest BCUT2D eigenvalue weighted by molar-refractivity contribution is 7.08. The number of hydrogen-bond acceptors (Lipinski definition) is 4. The summed E-state index contributed by atoms with van der Waals surface area (Å²) in [5.41, 5.74) is 1.60. The first-order valence-electron chi connectivity index (χ1n) is 7.02. The number of benzene rings is 1. The SMILES string of the molecule is CNC(=O)c1cccc(NC(=O)CCNC(=O)c2ccsc2)c1. The highest BCUT2D eigenvalue weighted by atomic mass is 32.1. The van der Waals surface area contributed by atoms with Gasteiger partial charge in [-0.1, -0.05) is 6.07 Å². The Morgan fingerprint density at radius 3 is 2.61 bits per heavy atom. The van der Waals surface area contributed by atoms with Crippen LogP contribution in [0.2, 0.25) is 0 Å². The molecule has 0 spiro atoms. The van der Waals surface area contributed by atoms with Crippen LogP contribution in [0.15, 0.2) is 41.1 Å². The van der Waals surface area contributed by atoms with Gasteiger partial charge in [-0.05, 0) is 29.6 Å². The van der Waals surface area contributed by atoms with Crippen molar-refractivity contribution in [2.45, 2.75) is 6.42 Å². The van der Waals surface area contributed by atoms with Gasteiger partial charge in [0.25, 0.3) is 11.8 Å². The molecule has 23 heavy (non-hydrogen) atoms. The first kappa shape index (κ1) is 16.7. The first-order chi connectivity index (χ1) is 11.1. The Kier molecular flexibility index (Phi) is 5.87. The van der Waals surface area contributed by atoms with E-state index in [1.54, 1.807) is 42.8 Å². The lowest BCUT2D eigenvalue weighted by Gasteiger charge is -2.07. The second-order valence-electron chi connectivity index (χ2n) is 4.73. The minimum atomic E-state index is -0.232. The van der Waals surface area contributed by atoms with Gasteiger partial charge in [-0.2, -0.15) is 11.3 Å². The number of amides is 3. The first-order valence-corrected chi connectivity index (χ1v) is 7.97. The number of thiophene rings is 1. The summed E-state index contributed by atoms with van der Waals surface area (Å²) in [5, 5.41) is 11.5. The van der Waals surface area contributed by atoms with Gasteiger partial charge in [-0.3, -0.25) is 14.4 Å². The van der Waals surface area contributed by atoms with Crippen LogP contribution in [0, 0.1) is 0 Å². The van der Waals surface area contributed by atoms with Crippen molar-refractivity contribution in [3.63, 3.8) is 0 Å². The standard InChI is InChI=1S/C16H17N3O3S/c1-17-15(21)11-3-2-4-13(9-11)19-14(20)5-7-18-16(22)12-6-8-23-10-12/h2-4,6,8-10H,5,7H2,1H3,(H,17,21)(H,18,22)(H,19,20). The summed E-state index contributed by atoms with van der Waals surface area (Å²) in [7, 11) is 1.55. The molecule has 0 aliphatic carbocycles. The van der Waals surface area contributed by atoms with E-state index in [1.807, 2.05) is 5.38 Å². The lowest BCUT2D eigenvalue weighted by atomic mass is 10.2. The van der Waals surface area contributed by atoms with Crippen LogP contribution in [0.5, 0.6) is 0 Å². The predicted octanol–water partition coefficient (Wildman–Crippen LogP) is 1.87. The van der Waals surface area contributed by atoms with E-state index in [1.165, 1.54) is 11.3 Å². The quantitative estimate of drug-likeness (QED) is 0.755. The third-order valence-corrected chi connectivity index (χ3v) is 3.74. The lowest BCUT2D eigenvalue weighted by Crippen LogP contribution is -2.27. The number of carbonyl (C=O) groups excluding carboxylic acids is 3. The zero-order chi connectivity index (χ0) is 16.7. The molecule has 0 bridgehead atoms. The van der Waals surface area contributed by atoms with E-state index in [-0.39, 0.29) is 30.7 Å². The minimum Gasteiger partial charge on any atom is -0.355 e. The molecule has 0 saturated carbocycles. The molecule has 7 heteroatoms. The third kappa shape index (κ3) is 4.93. The maximum Gasteiger partial charge on any atom is 0.252 e. The summed E-state index contributed by atoms with van der Waals surface area (Å²) in [4.78, 5) is 35.1. The number of nitrogens with one attached hydrogen (secondary N) is 3. The van der Waals surface area contributed by atoms with Gasteiger partial charge in [0.1, 0.15) is 0 Å². The van der Waals surface area contributed by atoms with Crippen molar-refractivity contribution >= 4 is 34.7 Å². The largest absolute Gasteiger partial charge is 0.355 e. The molecular weight excluding hydrogens is 314 g/mol. The molecule has 3 amide bonds. The van der Waals surface area contributed by atoms with Crippen LogP contribution in [0.1, 0.15) is 27.1 Å². The van der Waals surface area contributed by atoms with Crippen LogP contribution in [0.4, 0.5) is 5.69 Å². The molecule has 2 aromatic rings. The topological polar surface area (TPSA) is 87.3 Å². The van der Waals surface area contributed by atoms with Crippen LogP contribution in [-0.2, 0) is 4.79 Å². The molecule has 2 rings (SSSR count). The second-order valence-corrected chi connectivity index (χ2v) is 5.51. The fourth-order valence-electron chi connectivity index (χ4n) is 1.89. The average molecular weight is 331 g/mol. The Balaban J connectivity index is 1.81. The number of carbonyl (C=O) groups is 3. The minimum absolute atomic E-state index is 0.153. The van der Waals surface area contributed by atoms with E-state index >= 15 is 0 Å². The molecule has 0 atom stereocenters. The summed E-state index contributed by atoms with van der Waals surface area (Å²) in [6.45, 7) is 0.246. The molecule has 0 saturated heterocycles. The maximum atomic E-state index is 11.9. The molecule has 0 aliphatic heterocycles. The van der Waals surface area contributed by atoms with E-state index in [2.05, 4.69) is 16.0 Å². The fourth-order valence-corrected chi connectivity index (χ4v) is 2.53. The molecule has 1 aromatic heterocycles. The van der Waals surface area contributed by atoms with Crippen LogP contribution >= 0.6 is 11.3 Å². The lowest BCUT2D eigenvalue weighted by molar-refractivity contribution is -0.116. The molecular formula is C16H17N3O3S. The van der Waals surface area contributed by atoms with E-state index < -0.39 is 0 Å². The zero-order valence-corrected chi connectivity index (χ0v) is 13.4. The predicted molar refractivity (Wildman–Crippen MR) is 89.7 cm³/mol. The Morgan fingerprint density at radius 1 is 1.09 bits per heavy atom. The van der Waals surface area contributed by atoms with Gasteiger partial charge in [0, 0.05) is 42.2 Å². The average Bonchev–Trinajstić information content (AvgIpc) is 3.08.